The molecule has 0 bridgehead atoms. The van der Waals surface area contributed by atoms with Crippen LogP contribution in [0.4, 0.5) is 10.1 Å². The van der Waals surface area contributed by atoms with Crippen LogP contribution < -0.4 is 9.64 Å². The number of hydrogen-bond acceptors (Lipinski definition) is 3. The smallest absolute Gasteiger partial charge is 0.222 e. The van der Waals surface area contributed by atoms with Crippen LogP contribution in [0.1, 0.15) is 12.8 Å². The number of carbonyl (C=O) groups excluding carboxylic acids is 1. The first kappa shape index (κ1) is 19.8. The fourth-order valence-corrected chi connectivity index (χ4v) is 3.52. The van der Waals surface area contributed by atoms with Gasteiger partial charge in [0.25, 0.3) is 0 Å². The summed E-state index contributed by atoms with van der Waals surface area (Å²) >= 11 is 11.9. The van der Waals surface area contributed by atoms with Gasteiger partial charge < -0.3 is 14.5 Å². The molecule has 0 atom stereocenters. The molecule has 1 saturated heterocycles. The van der Waals surface area contributed by atoms with Gasteiger partial charge in [-0.25, -0.2) is 4.39 Å². The van der Waals surface area contributed by atoms with Crippen molar-refractivity contribution < 1.29 is 13.9 Å². The third-order valence-corrected chi connectivity index (χ3v) is 5.04. The number of ether oxygens (including phenoxy) is 1. The van der Waals surface area contributed by atoms with Crippen LogP contribution in [0.15, 0.2) is 42.5 Å². The van der Waals surface area contributed by atoms with Gasteiger partial charge in [-0.2, -0.15) is 0 Å². The summed E-state index contributed by atoms with van der Waals surface area (Å²) in [7, 11) is 0. The van der Waals surface area contributed by atoms with Crippen LogP contribution in [0.5, 0.6) is 5.75 Å². The second-order valence-corrected chi connectivity index (χ2v) is 7.19. The van der Waals surface area contributed by atoms with Crippen molar-refractivity contribution in [2.45, 2.75) is 12.8 Å². The Kier molecular flexibility index (Phi) is 6.80. The number of piperazine rings is 1. The summed E-state index contributed by atoms with van der Waals surface area (Å²) in [5, 5.41) is 1.01. The highest BCUT2D eigenvalue weighted by atomic mass is 35.5. The minimum Gasteiger partial charge on any atom is -0.492 e. The first-order chi connectivity index (χ1) is 13.0. The summed E-state index contributed by atoms with van der Waals surface area (Å²) < 4.78 is 19.5. The first-order valence-electron chi connectivity index (χ1n) is 8.89. The molecule has 1 aliphatic heterocycles. The van der Waals surface area contributed by atoms with Gasteiger partial charge in [0.2, 0.25) is 5.91 Å². The summed E-state index contributed by atoms with van der Waals surface area (Å²) in [5.41, 5.74) is 0.595. The quantitative estimate of drug-likeness (QED) is 0.650. The van der Waals surface area contributed by atoms with Gasteiger partial charge in [0.15, 0.2) is 0 Å². The summed E-state index contributed by atoms with van der Waals surface area (Å²) in [4.78, 5) is 16.2. The zero-order chi connectivity index (χ0) is 19.2. The molecule has 1 amide bonds. The molecule has 1 fully saturated rings. The fraction of sp³-hybridized carbons (Fsp3) is 0.350. The van der Waals surface area contributed by atoms with Gasteiger partial charge >= 0.3 is 0 Å². The lowest BCUT2D eigenvalue weighted by Crippen LogP contribution is -2.49. The number of nitrogens with zero attached hydrogens (tertiary/aromatic N) is 2. The van der Waals surface area contributed by atoms with Gasteiger partial charge in [-0.15, -0.1) is 0 Å². The van der Waals surface area contributed by atoms with E-state index in [-0.39, 0.29) is 11.7 Å². The Labute approximate surface area is 168 Å². The number of amides is 1. The number of rotatable bonds is 6. The fourth-order valence-electron chi connectivity index (χ4n) is 3.06. The van der Waals surface area contributed by atoms with Crippen molar-refractivity contribution in [1.82, 2.24) is 4.90 Å². The Morgan fingerprint density at radius 2 is 1.81 bits per heavy atom. The van der Waals surface area contributed by atoms with Crippen LogP contribution in [0, 0.1) is 5.82 Å². The molecule has 4 nitrogen and oxygen atoms in total. The molecule has 2 aromatic carbocycles. The molecule has 0 aliphatic carbocycles. The number of benzene rings is 2. The predicted octanol–water partition coefficient (Wildman–Crippen LogP) is 4.64. The predicted molar refractivity (Wildman–Crippen MR) is 106 cm³/mol. The Morgan fingerprint density at radius 1 is 1.07 bits per heavy atom. The number of hydrogen-bond donors (Lipinski definition) is 0. The molecule has 0 saturated carbocycles. The van der Waals surface area contributed by atoms with Crippen LogP contribution in [0.2, 0.25) is 10.0 Å². The molecule has 0 radical (unpaired) electrons. The van der Waals surface area contributed by atoms with Gasteiger partial charge in [-0.1, -0.05) is 35.3 Å². The van der Waals surface area contributed by atoms with Gasteiger partial charge in [-0.3, -0.25) is 4.79 Å². The maximum Gasteiger partial charge on any atom is 0.222 e. The van der Waals surface area contributed by atoms with E-state index in [2.05, 4.69) is 0 Å². The lowest BCUT2D eigenvalue weighted by atomic mass is 10.2. The molecule has 7 heteroatoms. The zero-order valence-corrected chi connectivity index (χ0v) is 16.3. The molecule has 0 N–H and O–H groups in total. The van der Waals surface area contributed by atoms with Crippen molar-refractivity contribution in [3.05, 3.63) is 58.3 Å². The van der Waals surface area contributed by atoms with E-state index in [1.165, 1.54) is 6.07 Å². The van der Waals surface area contributed by atoms with Crippen LogP contribution in [0.25, 0.3) is 0 Å². The van der Waals surface area contributed by atoms with E-state index in [0.29, 0.717) is 67.1 Å². The van der Waals surface area contributed by atoms with Crippen LogP contribution >= 0.6 is 23.2 Å². The second kappa shape index (κ2) is 9.29. The van der Waals surface area contributed by atoms with Crippen molar-refractivity contribution >= 4 is 34.8 Å². The zero-order valence-electron chi connectivity index (χ0n) is 14.8. The maximum atomic E-state index is 13.9. The van der Waals surface area contributed by atoms with Gasteiger partial charge in [0, 0.05) is 37.6 Å². The van der Waals surface area contributed by atoms with E-state index in [1.807, 2.05) is 15.9 Å². The molecule has 0 aromatic heterocycles. The standard InChI is InChI=1S/C20H21Cl2FN2O2/c21-15-7-8-19(16(22)14-15)27-13-3-6-20(26)25-11-9-24(10-12-25)18-5-2-1-4-17(18)23/h1-2,4-5,7-8,14H,3,6,9-13H2. The minimum absolute atomic E-state index is 0.0917. The van der Waals surface area contributed by atoms with E-state index in [0.717, 1.165) is 0 Å². The van der Waals surface area contributed by atoms with Crippen LogP contribution in [0.3, 0.4) is 0 Å². The summed E-state index contributed by atoms with van der Waals surface area (Å²) in [6.07, 6.45) is 1.01. The number of halogens is 3. The Balaban J connectivity index is 1.40. The highest BCUT2D eigenvalue weighted by molar-refractivity contribution is 6.35. The van der Waals surface area contributed by atoms with Crippen molar-refractivity contribution in [2.24, 2.45) is 0 Å². The van der Waals surface area contributed by atoms with E-state index >= 15 is 0 Å². The van der Waals surface area contributed by atoms with Crippen molar-refractivity contribution in [1.29, 1.82) is 0 Å². The monoisotopic (exact) mass is 410 g/mol. The largest absolute Gasteiger partial charge is 0.492 e. The molecular weight excluding hydrogens is 390 g/mol. The highest BCUT2D eigenvalue weighted by Crippen LogP contribution is 2.27. The molecule has 144 valence electrons. The number of para-hydroxylation sites is 1. The molecule has 27 heavy (non-hydrogen) atoms. The van der Waals surface area contributed by atoms with E-state index < -0.39 is 0 Å². The average Bonchev–Trinajstić information content (AvgIpc) is 2.67. The third-order valence-electron chi connectivity index (χ3n) is 4.51. The van der Waals surface area contributed by atoms with Gasteiger partial charge in [0.1, 0.15) is 11.6 Å². The summed E-state index contributed by atoms with van der Waals surface area (Å²) in [6, 6.07) is 11.8. The highest BCUT2D eigenvalue weighted by Gasteiger charge is 2.22. The molecular formula is C20H21Cl2FN2O2. The molecule has 1 heterocycles. The van der Waals surface area contributed by atoms with Crippen molar-refractivity contribution in [2.75, 3.05) is 37.7 Å². The molecule has 0 spiro atoms. The number of anilines is 1. The van der Waals surface area contributed by atoms with E-state index in [9.17, 15) is 9.18 Å². The van der Waals surface area contributed by atoms with E-state index in [1.54, 1.807) is 30.3 Å². The Bertz CT molecular complexity index is 795. The Morgan fingerprint density at radius 3 is 2.52 bits per heavy atom. The van der Waals surface area contributed by atoms with Crippen molar-refractivity contribution in [3.63, 3.8) is 0 Å². The normalized spacial score (nSPS) is 14.3. The topological polar surface area (TPSA) is 32.8 Å². The SMILES string of the molecule is O=C(CCCOc1ccc(Cl)cc1Cl)N1CCN(c2ccccc2F)CC1. The summed E-state index contributed by atoms with van der Waals surface area (Å²) in [6.45, 7) is 2.85. The minimum atomic E-state index is -0.227. The van der Waals surface area contributed by atoms with Gasteiger partial charge in [-0.05, 0) is 36.8 Å². The molecule has 3 rings (SSSR count). The second-order valence-electron chi connectivity index (χ2n) is 6.35. The lowest BCUT2D eigenvalue weighted by Gasteiger charge is -2.36. The summed E-state index contributed by atoms with van der Waals surface area (Å²) in [5.74, 6) is 0.427. The van der Waals surface area contributed by atoms with Crippen molar-refractivity contribution in [3.8, 4) is 5.75 Å². The lowest BCUT2D eigenvalue weighted by molar-refractivity contribution is -0.131. The molecule has 1 aliphatic rings. The average molecular weight is 411 g/mol. The van der Waals surface area contributed by atoms with Gasteiger partial charge in [0.05, 0.1) is 17.3 Å². The maximum absolute atomic E-state index is 13.9. The van der Waals surface area contributed by atoms with Crippen LogP contribution in [-0.4, -0.2) is 43.6 Å². The molecule has 2 aromatic rings. The number of carbonyl (C=O) groups is 1. The first-order valence-corrected chi connectivity index (χ1v) is 9.65. The molecule has 0 unspecified atom stereocenters. The third kappa shape index (κ3) is 5.27. The van der Waals surface area contributed by atoms with Crippen LogP contribution in [-0.2, 0) is 4.79 Å². The van der Waals surface area contributed by atoms with E-state index in [4.69, 9.17) is 27.9 Å². The Hall–Kier alpha value is -1.98.